The minimum atomic E-state index is 0. The first-order chi connectivity index (χ1) is 9.25. The zero-order chi connectivity index (χ0) is 13.5. The topological polar surface area (TPSA) is 17.1 Å². The van der Waals surface area contributed by atoms with Crippen LogP contribution in [0.3, 0.4) is 0 Å². The Balaban J connectivity index is 0.00000200. The molecule has 20 heavy (non-hydrogen) atoms. The summed E-state index contributed by atoms with van der Waals surface area (Å²) < 4.78 is 0. The number of benzene rings is 1. The fraction of sp³-hybridized carbons (Fsp3) is 0.533. The van der Waals surface area contributed by atoms with Crippen LogP contribution >= 0.6 is 43.2 Å². The zero-order valence-corrected chi connectivity index (χ0v) is 15.1. The van der Waals surface area contributed by atoms with Gasteiger partial charge >= 0.3 is 0 Å². The van der Waals surface area contributed by atoms with E-state index in [-0.39, 0.29) is 23.8 Å². The van der Waals surface area contributed by atoms with E-state index in [9.17, 15) is 4.79 Å². The number of hydrogen-bond acceptors (Lipinski definition) is 3. The molecule has 1 saturated heterocycles. The Labute approximate surface area is 138 Å². The highest BCUT2D eigenvalue weighted by Crippen LogP contribution is 2.40. The van der Waals surface area contributed by atoms with Crippen LogP contribution in [0.4, 0.5) is 0 Å². The van der Waals surface area contributed by atoms with Crippen LogP contribution in [-0.4, -0.2) is 16.5 Å². The van der Waals surface area contributed by atoms with Crippen molar-refractivity contribution in [2.75, 3.05) is 5.75 Å². The fourth-order valence-electron chi connectivity index (χ4n) is 2.40. The van der Waals surface area contributed by atoms with Crippen LogP contribution < -0.4 is 0 Å². The average Bonchev–Trinajstić information content (AvgIpc) is 2.92. The van der Waals surface area contributed by atoms with E-state index in [2.05, 4.69) is 21.4 Å². The molecule has 112 valence electrons. The predicted molar refractivity (Wildman–Crippen MR) is 97.9 cm³/mol. The second-order valence-electron chi connectivity index (χ2n) is 5.05. The summed E-state index contributed by atoms with van der Waals surface area (Å²) in [7, 11) is 6.40. The first kappa shape index (κ1) is 18.4. The normalized spacial score (nSPS) is 19.4. The van der Waals surface area contributed by atoms with Gasteiger partial charge in [-0.3, -0.25) is 4.79 Å². The second-order valence-corrected chi connectivity index (χ2v) is 8.41. The summed E-state index contributed by atoms with van der Waals surface area (Å²) in [5.74, 6) is 1.47. The fourth-order valence-corrected chi connectivity index (χ4v) is 5.71. The summed E-state index contributed by atoms with van der Waals surface area (Å²) in [5, 5.41) is 0.821. The molecule has 1 aromatic carbocycles. The van der Waals surface area contributed by atoms with Gasteiger partial charge in [-0.1, -0.05) is 67.6 Å². The number of halogens is 1. The van der Waals surface area contributed by atoms with Crippen LogP contribution in [-0.2, 0) is 11.2 Å². The molecule has 0 aromatic heterocycles. The molecule has 1 aromatic rings. The molecular weight excluding hydrogens is 327 g/mol. The largest absolute Gasteiger partial charge is 0.295 e. The lowest BCUT2D eigenvalue weighted by molar-refractivity contribution is -0.114. The quantitative estimate of drug-likeness (QED) is 0.510. The summed E-state index contributed by atoms with van der Waals surface area (Å²) in [6, 6.07) is 10.3. The number of rotatable bonds is 7. The molecule has 3 atom stereocenters. The molecule has 1 aliphatic heterocycles. The van der Waals surface area contributed by atoms with E-state index < -0.39 is 0 Å². The molecule has 1 heterocycles. The molecule has 0 bridgehead atoms. The maximum absolute atomic E-state index is 11.7. The summed E-state index contributed by atoms with van der Waals surface area (Å²) in [6.07, 6.45) is 5.69. The SMILES string of the molecule is Cl.O=C(P)C(CCCC1CCSS1)Cc1ccccc1. The molecule has 0 radical (unpaired) electrons. The van der Waals surface area contributed by atoms with Gasteiger partial charge in [0.1, 0.15) is 0 Å². The smallest absolute Gasteiger partial charge is 0.151 e. The summed E-state index contributed by atoms with van der Waals surface area (Å²) in [6.45, 7) is 0. The van der Waals surface area contributed by atoms with E-state index in [4.69, 9.17) is 0 Å². The standard InChI is InChI=1S/C15H21OPS2.ClH/c16-15(17)13(11-12-5-2-1-3-6-12)7-4-8-14-9-10-18-19-14;/h1-3,5-6,13-14H,4,7-11,17H2;1H. The van der Waals surface area contributed by atoms with Gasteiger partial charge in [-0.05, 0) is 31.2 Å². The molecule has 0 spiro atoms. The van der Waals surface area contributed by atoms with Gasteiger partial charge in [-0.2, -0.15) is 0 Å². The van der Waals surface area contributed by atoms with E-state index in [1.165, 1.54) is 30.6 Å². The lowest BCUT2D eigenvalue weighted by atomic mass is 9.94. The van der Waals surface area contributed by atoms with Crippen molar-refractivity contribution < 1.29 is 4.79 Å². The Kier molecular flexibility index (Phi) is 9.28. The van der Waals surface area contributed by atoms with Crippen molar-refractivity contribution in [3.05, 3.63) is 35.9 Å². The molecule has 0 aliphatic carbocycles. The number of hydrogen-bond donors (Lipinski definition) is 0. The highest BCUT2D eigenvalue weighted by atomic mass is 35.5. The highest BCUT2D eigenvalue weighted by molar-refractivity contribution is 8.77. The Bertz CT molecular complexity index is 396. The van der Waals surface area contributed by atoms with Crippen LogP contribution in [0.25, 0.3) is 0 Å². The van der Waals surface area contributed by atoms with E-state index in [1.807, 2.05) is 39.8 Å². The third kappa shape index (κ3) is 6.39. The van der Waals surface area contributed by atoms with Crippen molar-refractivity contribution in [3.8, 4) is 0 Å². The third-order valence-electron chi connectivity index (χ3n) is 3.53. The minimum absolute atomic E-state index is 0. The third-order valence-corrected chi connectivity index (χ3v) is 7.01. The van der Waals surface area contributed by atoms with Gasteiger partial charge in [-0.15, -0.1) is 12.4 Å². The Morgan fingerprint density at radius 1 is 1.35 bits per heavy atom. The first-order valence-corrected chi connectivity index (χ1v) is 9.83. The number of carbonyl (C=O) groups excluding carboxylic acids is 1. The molecular formula is C15H22ClOPS2. The molecule has 1 fully saturated rings. The van der Waals surface area contributed by atoms with Crippen molar-refractivity contribution in [1.82, 2.24) is 0 Å². The average molecular weight is 349 g/mol. The van der Waals surface area contributed by atoms with Crippen molar-refractivity contribution in [1.29, 1.82) is 0 Å². The molecule has 1 nitrogen and oxygen atoms in total. The lowest BCUT2D eigenvalue weighted by Gasteiger charge is -2.15. The van der Waals surface area contributed by atoms with E-state index >= 15 is 0 Å². The van der Waals surface area contributed by atoms with Gasteiger partial charge in [0.25, 0.3) is 0 Å². The van der Waals surface area contributed by atoms with Crippen molar-refractivity contribution in [2.24, 2.45) is 5.92 Å². The van der Waals surface area contributed by atoms with Crippen molar-refractivity contribution in [2.45, 2.75) is 37.4 Å². The van der Waals surface area contributed by atoms with Crippen LogP contribution in [0.15, 0.2) is 30.3 Å². The van der Waals surface area contributed by atoms with Gasteiger partial charge in [-0.25, -0.2) is 0 Å². The molecule has 0 saturated carbocycles. The van der Waals surface area contributed by atoms with Gasteiger partial charge in [0.05, 0.1) is 0 Å². The van der Waals surface area contributed by atoms with Crippen LogP contribution in [0.5, 0.6) is 0 Å². The Morgan fingerprint density at radius 2 is 2.10 bits per heavy atom. The molecule has 0 N–H and O–H groups in total. The van der Waals surface area contributed by atoms with Gasteiger partial charge < -0.3 is 0 Å². The summed E-state index contributed by atoms with van der Waals surface area (Å²) in [4.78, 5) is 11.7. The lowest BCUT2D eigenvalue weighted by Crippen LogP contribution is -2.12. The molecule has 1 aliphatic rings. The van der Waals surface area contributed by atoms with Crippen molar-refractivity contribution >= 4 is 48.8 Å². The van der Waals surface area contributed by atoms with E-state index in [0.29, 0.717) is 0 Å². The Hall–Kier alpha value is 0.310. The molecule has 3 unspecified atom stereocenters. The number of carbonyl (C=O) groups is 1. The van der Waals surface area contributed by atoms with E-state index in [0.717, 1.165) is 18.1 Å². The zero-order valence-electron chi connectivity index (χ0n) is 11.5. The van der Waals surface area contributed by atoms with Gasteiger partial charge in [0.2, 0.25) is 0 Å². The highest BCUT2D eigenvalue weighted by Gasteiger charge is 2.19. The monoisotopic (exact) mass is 348 g/mol. The maximum Gasteiger partial charge on any atom is 0.151 e. The first-order valence-electron chi connectivity index (χ1n) is 6.87. The second kappa shape index (κ2) is 10.1. The minimum Gasteiger partial charge on any atom is -0.295 e. The summed E-state index contributed by atoms with van der Waals surface area (Å²) in [5.41, 5.74) is 1.53. The van der Waals surface area contributed by atoms with Crippen molar-refractivity contribution in [3.63, 3.8) is 0 Å². The van der Waals surface area contributed by atoms with Crippen LogP contribution in [0, 0.1) is 5.92 Å². The molecule has 2 rings (SSSR count). The summed E-state index contributed by atoms with van der Waals surface area (Å²) >= 11 is 0. The molecule has 0 amide bonds. The van der Waals surface area contributed by atoms with E-state index in [1.54, 1.807) is 0 Å². The maximum atomic E-state index is 11.7. The van der Waals surface area contributed by atoms with Gasteiger partial charge in [0, 0.05) is 16.9 Å². The van der Waals surface area contributed by atoms with Gasteiger partial charge in [0.15, 0.2) is 5.52 Å². The molecule has 5 heteroatoms. The Morgan fingerprint density at radius 3 is 2.70 bits per heavy atom. The van der Waals surface area contributed by atoms with Crippen LogP contribution in [0.1, 0.15) is 31.2 Å². The predicted octanol–water partition coefficient (Wildman–Crippen LogP) is 4.99. The van der Waals surface area contributed by atoms with Crippen LogP contribution in [0.2, 0.25) is 0 Å².